The molecule has 8 heteroatoms. The first-order valence-electron chi connectivity index (χ1n) is 5.09. The molecule has 0 unspecified atom stereocenters. The third-order valence-electron chi connectivity index (χ3n) is 2.44. The van der Waals surface area contributed by atoms with Gasteiger partial charge in [0.1, 0.15) is 9.39 Å². The Morgan fingerprint density at radius 3 is 2.05 bits per heavy atom. The number of benzene rings is 1. The minimum Gasteiger partial charge on any atom is -0.237 e. The maximum atomic E-state index is 12.6. The molecule has 2 rings (SSSR count). The van der Waals surface area contributed by atoms with Gasteiger partial charge in [-0.25, -0.2) is 4.98 Å². The fourth-order valence-corrected chi connectivity index (χ4v) is 2.90. The highest BCUT2D eigenvalue weighted by Crippen LogP contribution is 2.38. The van der Waals surface area contributed by atoms with Crippen molar-refractivity contribution >= 4 is 57.4 Å². The van der Waals surface area contributed by atoms with Crippen molar-refractivity contribution in [3.63, 3.8) is 0 Å². The highest BCUT2D eigenvalue weighted by atomic mass is 127. The number of pyridine rings is 1. The Morgan fingerprint density at radius 1 is 0.900 bits per heavy atom. The molecule has 0 spiro atoms. The van der Waals surface area contributed by atoms with Gasteiger partial charge >= 0.3 is 6.18 Å². The lowest BCUT2D eigenvalue weighted by atomic mass is 10.1. The van der Waals surface area contributed by atoms with E-state index in [0.29, 0.717) is 16.1 Å². The van der Waals surface area contributed by atoms with Crippen LogP contribution in [0.1, 0.15) is 5.69 Å². The molecule has 0 amide bonds. The fourth-order valence-electron chi connectivity index (χ4n) is 1.52. The van der Waals surface area contributed by atoms with Gasteiger partial charge in [-0.15, -0.1) is 0 Å². The number of nitrogens with zero attached hydrogens (tertiary/aromatic N) is 1. The molecule has 0 atom stereocenters. The van der Waals surface area contributed by atoms with Gasteiger partial charge in [-0.3, -0.25) is 0 Å². The van der Waals surface area contributed by atoms with Crippen molar-refractivity contribution in [3.05, 3.63) is 48.7 Å². The topological polar surface area (TPSA) is 12.9 Å². The van der Waals surface area contributed by atoms with Crippen LogP contribution >= 0.6 is 57.4 Å². The lowest BCUT2D eigenvalue weighted by Crippen LogP contribution is -2.09. The number of halogens is 7. The van der Waals surface area contributed by atoms with E-state index < -0.39 is 11.9 Å². The van der Waals surface area contributed by atoms with Crippen molar-refractivity contribution in [1.29, 1.82) is 0 Å². The smallest absolute Gasteiger partial charge is 0.237 e. The molecular formula is C12H4Cl3F3IN. The Kier molecular flexibility index (Phi) is 4.73. The molecule has 1 nitrogen and oxygen atoms in total. The Morgan fingerprint density at radius 2 is 1.50 bits per heavy atom. The third kappa shape index (κ3) is 3.32. The van der Waals surface area contributed by atoms with Crippen LogP contribution in [0, 0.1) is 3.70 Å². The van der Waals surface area contributed by atoms with Crippen LogP contribution in [-0.2, 0) is 6.18 Å². The van der Waals surface area contributed by atoms with Crippen LogP contribution in [-0.4, -0.2) is 4.98 Å². The lowest BCUT2D eigenvalue weighted by Gasteiger charge is -2.11. The molecule has 2 aromatic rings. The molecule has 0 aliphatic carbocycles. The summed E-state index contributed by atoms with van der Waals surface area (Å²) in [4.78, 5) is 3.54. The Hall–Kier alpha value is -0.240. The van der Waals surface area contributed by atoms with E-state index in [-0.39, 0.29) is 13.7 Å². The summed E-state index contributed by atoms with van der Waals surface area (Å²) in [5.41, 5.74) is -0.0179. The maximum Gasteiger partial charge on any atom is 0.433 e. The molecule has 0 bridgehead atoms. The van der Waals surface area contributed by atoms with Gasteiger partial charge in [0.05, 0.1) is 15.1 Å². The highest BCUT2D eigenvalue weighted by molar-refractivity contribution is 14.1. The summed E-state index contributed by atoms with van der Waals surface area (Å²) >= 11 is 19.5. The summed E-state index contributed by atoms with van der Waals surface area (Å²) < 4.78 is 37.9. The van der Waals surface area contributed by atoms with Crippen molar-refractivity contribution in [2.45, 2.75) is 6.18 Å². The minimum atomic E-state index is -4.49. The number of alkyl halides is 3. The van der Waals surface area contributed by atoms with E-state index in [1.54, 1.807) is 22.6 Å². The van der Waals surface area contributed by atoms with Crippen molar-refractivity contribution in [1.82, 2.24) is 4.98 Å². The summed E-state index contributed by atoms with van der Waals surface area (Å²) in [6.45, 7) is 0. The summed E-state index contributed by atoms with van der Waals surface area (Å²) in [6, 6.07) is 5.15. The number of rotatable bonds is 1. The summed E-state index contributed by atoms with van der Waals surface area (Å²) in [5, 5.41) is 0.830. The predicted molar refractivity (Wildman–Crippen MR) is 82.4 cm³/mol. The van der Waals surface area contributed by atoms with Gasteiger partial charge in [-0.2, -0.15) is 13.2 Å². The molecule has 0 aliphatic heterocycles. The first-order chi connectivity index (χ1) is 9.20. The first kappa shape index (κ1) is 16.1. The molecule has 1 aromatic heterocycles. The monoisotopic (exact) mass is 451 g/mol. The van der Waals surface area contributed by atoms with Crippen LogP contribution < -0.4 is 0 Å². The predicted octanol–water partition coefficient (Wildman–Crippen LogP) is 6.33. The SMILES string of the molecule is FC(F)(F)c1ccc(-c2cc(Cl)c(Cl)cc2Cl)c(I)n1. The van der Waals surface area contributed by atoms with Crippen LogP contribution in [0.4, 0.5) is 13.2 Å². The molecular weight excluding hydrogens is 448 g/mol. The molecule has 0 radical (unpaired) electrons. The molecule has 1 heterocycles. The number of aromatic nitrogens is 1. The molecule has 20 heavy (non-hydrogen) atoms. The zero-order valence-corrected chi connectivity index (χ0v) is 13.8. The number of hydrogen-bond acceptors (Lipinski definition) is 1. The van der Waals surface area contributed by atoms with E-state index in [1.165, 1.54) is 18.2 Å². The van der Waals surface area contributed by atoms with Gasteiger partial charge in [0.2, 0.25) is 0 Å². The summed E-state index contributed by atoms with van der Waals surface area (Å²) in [7, 11) is 0. The van der Waals surface area contributed by atoms with Gasteiger partial charge in [0.25, 0.3) is 0 Å². The molecule has 0 aliphatic rings. The molecule has 1 aromatic carbocycles. The van der Waals surface area contributed by atoms with E-state index in [4.69, 9.17) is 34.8 Å². The molecule has 0 saturated heterocycles. The molecule has 106 valence electrons. The largest absolute Gasteiger partial charge is 0.433 e. The normalized spacial score (nSPS) is 11.8. The van der Waals surface area contributed by atoms with Gasteiger partial charge in [-0.1, -0.05) is 34.8 Å². The second kappa shape index (κ2) is 5.87. The van der Waals surface area contributed by atoms with Crippen molar-refractivity contribution < 1.29 is 13.2 Å². The summed E-state index contributed by atoms with van der Waals surface area (Å²) in [5.74, 6) is 0. The highest BCUT2D eigenvalue weighted by Gasteiger charge is 2.33. The van der Waals surface area contributed by atoms with Crippen LogP contribution in [0.5, 0.6) is 0 Å². The van der Waals surface area contributed by atoms with Crippen molar-refractivity contribution in [2.75, 3.05) is 0 Å². The molecule has 0 saturated carbocycles. The van der Waals surface area contributed by atoms with Crippen LogP contribution in [0.15, 0.2) is 24.3 Å². The zero-order valence-electron chi connectivity index (χ0n) is 9.40. The third-order valence-corrected chi connectivity index (χ3v) is 4.30. The quantitative estimate of drug-likeness (QED) is 0.280. The fraction of sp³-hybridized carbons (Fsp3) is 0.0833. The zero-order chi connectivity index (χ0) is 15.1. The van der Waals surface area contributed by atoms with E-state index in [9.17, 15) is 13.2 Å². The average molecular weight is 452 g/mol. The van der Waals surface area contributed by atoms with Crippen LogP contribution in [0.3, 0.4) is 0 Å². The van der Waals surface area contributed by atoms with Gasteiger partial charge in [0.15, 0.2) is 0 Å². The Balaban J connectivity index is 2.57. The maximum absolute atomic E-state index is 12.6. The van der Waals surface area contributed by atoms with Crippen LogP contribution in [0.2, 0.25) is 15.1 Å². The number of hydrogen-bond donors (Lipinski definition) is 0. The Bertz CT molecular complexity index is 674. The minimum absolute atomic E-state index is 0.178. The average Bonchev–Trinajstić information content (AvgIpc) is 2.33. The lowest BCUT2D eigenvalue weighted by molar-refractivity contribution is -0.141. The Labute approximate surface area is 141 Å². The van der Waals surface area contributed by atoms with Crippen LogP contribution in [0.25, 0.3) is 11.1 Å². The summed E-state index contributed by atoms with van der Waals surface area (Å²) in [6.07, 6.45) is -4.49. The second-order valence-corrected chi connectivity index (χ2v) is 6.02. The van der Waals surface area contributed by atoms with Crippen molar-refractivity contribution in [3.8, 4) is 11.1 Å². The van der Waals surface area contributed by atoms with Gasteiger partial charge < -0.3 is 0 Å². The van der Waals surface area contributed by atoms with E-state index in [1.807, 2.05) is 0 Å². The van der Waals surface area contributed by atoms with Crippen molar-refractivity contribution in [2.24, 2.45) is 0 Å². The first-order valence-corrected chi connectivity index (χ1v) is 7.30. The molecule has 0 N–H and O–H groups in total. The van der Waals surface area contributed by atoms with E-state index in [2.05, 4.69) is 4.98 Å². The van der Waals surface area contributed by atoms with Gasteiger partial charge in [0, 0.05) is 11.1 Å². The molecule has 0 fully saturated rings. The standard InChI is InChI=1S/C12H4Cl3F3IN/c13-7-4-9(15)8(14)3-6(7)5-1-2-10(12(16,17)18)20-11(5)19/h1-4H. The van der Waals surface area contributed by atoms with E-state index >= 15 is 0 Å². The van der Waals surface area contributed by atoms with E-state index in [0.717, 1.165) is 6.07 Å². The van der Waals surface area contributed by atoms with Gasteiger partial charge in [-0.05, 0) is 46.9 Å². The second-order valence-electron chi connectivity index (χ2n) is 3.78.